The third-order valence-electron chi connectivity index (χ3n) is 1.97. The molecular formula is C12H20N2O3. The molecule has 5 heteroatoms. The van der Waals surface area contributed by atoms with Gasteiger partial charge in [-0.05, 0) is 12.0 Å². The Hall–Kier alpha value is -1.49. The van der Waals surface area contributed by atoms with Crippen molar-refractivity contribution in [3.63, 3.8) is 0 Å². The van der Waals surface area contributed by atoms with E-state index in [9.17, 15) is 0 Å². The van der Waals surface area contributed by atoms with Crippen molar-refractivity contribution in [2.24, 2.45) is 5.92 Å². The van der Waals surface area contributed by atoms with Crippen LogP contribution in [-0.2, 0) is 0 Å². The van der Waals surface area contributed by atoms with Crippen LogP contribution in [0.5, 0.6) is 11.8 Å². The van der Waals surface area contributed by atoms with E-state index in [1.807, 2.05) is 0 Å². The van der Waals surface area contributed by atoms with Gasteiger partial charge in [0.05, 0.1) is 18.9 Å². The third kappa shape index (κ3) is 4.91. The number of nitrogen functional groups attached to an aromatic ring is 1. The molecule has 96 valence electrons. The van der Waals surface area contributed by atoms with Gasteiger partial charge in [0.25, 0.3) is 0 Å². The lowest BCUT2D eigenvalue weighted by Gasteiger charge is -2.11. The van der Waals surface area contributed by atoms with Crippen LogP contribution in [0.15, 0.2) is 12.1 Å². The van der Waals surface area contributed by atoms with Crippen molar-refractivity contribution >= 4 is 5.69 Å². The van der Waals surface area contributed by atoms with Crippen molar-refractivity contribution in [1.29, 1.82) is 0 Å². The lowest BCUT2D eigenvalue weighted by molar-refractivity contribution is 0.223. The minimum atomic E-state index is 0.103. The molecule has 17 heavy (non-hydrogen) atoms. The lowest BCUT2D eigenvalue weighted by atomic mass is 10.2. The molecule has 1 heterocycles. The van der Waals surface area contributed by atoms with E-state index in [-0.39, 0.29) is 6.61 Å². The number of nitrogens with two attached hydrogens (primary N) is 1. The van der Waals surface area contributed by atoms with E-state index >= 15 is 0 Å². The number of hydrogen-bond acceptors (Lipinski definition) is 5. The molecule has 5 nitrogen and oxygen atoms in total. The summed E-state index contributed by atoms with van der Waals surface area (Å²) in [5.41, 5.74) is 6.25. The average molecular weight is 240 g/mol. The minimum absolute atomic E-state index is 0.103. The van der Waals surface area contributed by atoms with Crippen molar-refractivity contribution < 1.29 is 14.6 Å². The Morgan fingerprint density at radius 3 is 2.76 bits per heavy atom. The lowest BCUT2D eigenvalue weighted by Crippen LogP contribution is -2.08. The van der Waals surface area contributed by atoms with E-state index in [0.717, 1.165) is 0 Å². The molecular weight excluding hydrogens is 220 g/mol. The first kappa shape index (κ1) is 13.6. The zero-order valence-electron chi connectivity index (χ0n) is 10.3. The summed E-state index contributed by atoms with van der Waals surface area (Å²) >= 11 is 0. The molecule has 3 N–H and O–H groups in total. The van der Waals surface area contributed by atoms with Gasteiger partial charge in [0, 0.05) is 19.1 Å². The van der Waals surface area contributed by atoms with E-state index in [1.165, 1.54) is 0 Å². The van der Waals surface area contributed by atoms with Gasteiger partial charge in [0.15, 0.2) is 0 Å². The van der Waals surface area contributed by atoms with Crippen LogP contribution >= 0.6 is 0 Å². The maximum atomic E-state index is 8.64. The van der Waals surface area contributed by atoms with E-state index in [2.05, 4.69) is 18.8 Å². The van der Waals surface area contributed by atoms with Gasteiger partial charge in [-0.25, -0.2) is 0 Å². The highest BCUT2D eigenvalue weighted by molar-refractivity contribution is 5.49. The molecule has 0 aromatic carbocycles. The summed E-state index contributed by atoms with van der Waals surface area (Å²) in [6, 6.07) is 3.39. The normalized spacial score (nSPS) is 10.6. The van der Waals surface area contributed by atoms with E-state index in [1.54, 1.807) is 12.1 Å². The molecule has 0 unspecified atom stereocenters. The van der Waals surface area contributed by atoms with E-state index < -0.39 is 0 Å². The molecule has 0 saturated heterocycles. The summed E-state index contributed by atoms with van der Waals surface area (Å²) < 4.78 is 10.8. The highest BCUT2D eigenvalue weighted by Gasteiger charge is 2.06. The molecule has 0 spiro atoms. The Labute approximate surface area is 102 Å². The number of nitrogens with zero attached hydrogens (tertiary/aromatic N) is 1. The number of anilines is 1. The largest absolute Gasteiger partial charge is 0.477 e. The van der Waals surface area contributed by atoms with Crippen molar-refractivity contribution in [2.75, 3.05) is 25.6 Å². The van der Waals surface area contributed by atoms with Gasteiger partial charge in [-0.2, -0.15) is 4.98 Å². The maximum Gasteiger partial charge on any atom is 0.240 e. The van der Waals surface area contributed by atoms with Crippen LogP contribution in [0.2, 0.25) is 0 Å². The number of aliphatic hydroxyl groups excluding tert-OH is 1. The van der Waals surface area contributed by atoms with Crippen LogP contribution in [0.1, 0.15) is 20.3 Å². The Morgan fingerprint density at radius 2 is 2.12 bits per heavy atom. The van der Waals surface area contributed by atoms with Crippen LogP contribution in [0.25, 0.3) is 0 Å². The second-order valence-electron chi connectivity index (χ2n) is 4.17. The highest BCUT2D eigenvalue weighted by atomic mass is 16.5. The Bertz CT molecular complexity index is 343. The van der Waals surface area contributed by atoms with Gasteiger partial charge < -0.3 is 20.3 Å². The summed E-state index contributed by atoms with van der Waals surface area (Å²) in [5.74, 6) is 1.28. The van der Waals surface area contributed by atoms with Crippen LogP contribution in [0.3, 0.4) is 0 Å². The van der Waals surface area contributed by atoms with Crippen LogP contribution in [0, 0.1) is 5.92 Å². The van der Waals surface area contributed by atoms with Crippen LogP contribution in [-0.4, -0.2) is 29.9 Å². The fourth-order valence-corrected chi connectivity index (χ4v) is 1.12. The molecule has 0 radical (unpaired) electrons. The van der Waals surface area contributed by atoms with Gasteiger partial charge >= 0.3 is 0 Å². The number of hydrogen-bond donors (Lipinski definition) is 2. The first-order valence-electron chi connectivity index (χ1n) is 5.76. The summed E-state index contributed by atoms with van der Waals surface area (Å²) in [4.78, 5) is 4.16. The molecule has 1 aromatic rings. The first-order valence-corrected chi connectivity index (χ1v) is 5.76. The summed E-state index contributed by atoms with van der Waals surface area (Å²) in [6.07, 6.45) is 0.578. The first-order chi connectivity index (χ1) is 8.13. The Morgan fingerprint density at radius 1 is 1.35 bits per heavy atom. The number of aliphatic hydroxyl groups is 1. The van der Waals surface area contributed by atoms with Crippen LogP contribution in [0.4, 0.5) is 5.69 Å². The topological polar surface area (TPSA) is 77.6 Å². The standard InChI is InChI=1S/C12H20N2O3/c1-9(2)8-17-12-10(13)4-5-11(14-12)16-7-3-6-15/h4-5,9,15H,3,6-8,13H2,1-2H3. The van der Waals surface area contributed by atoms with Gasteiger partial charge in [-0.1, -0.05) is 13.8 Å². The Kier molecular flexibility index (Phi) is 5.56. The molecule has 0 aliphatic carbocycles. The highest BCUT2D eigenvalue weighted by Crippen LogP contribution is 2.22. The number of rotatable bonds is 7. The summed E-state index contributed by atoms with van der Waals surface area (Å²) in [5, 5.41) is 8.64. The fourth-order valence-electron chi connectivity index (χ4n) is 1.12. The summed E-state index contributed by atoms with van der Waals surface area (Å²) in [7, 11) is 0. The molecule has 0 atom stereocenters. The molecule has 0 amide bonds. The third-order valence-corrected chi connectivity index (χ3v) is 1.97. The predicted octanol–water partition coefficient (Wildman–Crippen LogP) is 1.46. The number of aromatic nitrogens is 1. The second kappa shape index (κ2) is 6.96. The summed E-state index contributed by atoms with van der Waals surface area (Å²) in [6.45, 7) is 5.20. The molecule has 1 rings (SSSR count). The molecule has 1 aromatic heterocycles. The second-order valence-corrected chi connectivity index (χ2v) is 4.17. The van der Waals surface area contributed by atoms with Crippen molar-refractivity contribution in [3.8, 4) is 11.8 Å². The molecule has 0 aliphatic heterocycles. The number of ether oxygens (including phenoxy) is 2. The van der Waals surface area contributed by atoms with Crippen molar-refractivity contribution in [3.05, 3.63) is 12.1 Å². The smallest absolute Gasteiger partial charge is 0.240 e. The zero-order chi connectivity index (χ0) is 12.7. The molecule has 0 fully saturated rings. The quantitative estimate of drug-likeness (QED) is 0.705. The monoisotopic (exact) mass is 240 g/mol. The predicted molar refractivity (Wildman–Crippen MR) is 66.2 cm³/mol. The molecule has 0 saturated carbocycles. The van der Waals surface area contributed by atoms with Gasteiger partial charge in [-0.3, -0.25) is 0 Å². The SMILES string of the molecule is CC(C)COc1nc(OCCCO)ccc1N. The van der Waals surface area contributed by atoms with Crippen LogP contribution < -0.4 is 15.2 Å². The Balaban J connectivity index is 2.59. The average Bonchev–Trinajstić information content (AvgIpc) is 2.29. The van der Waals surface area contributed by atoms with Gasteiger partial charge in [0.2, 0.25) is 11.8 Å². The maximum absolute atomic E-state index is 8.64. The van der Waals surface area contributed by atoms with Gasteiger partial charge in [-0.15, -0.1) is 0 Å². The molecule has 0 aliphatic rings. The molecule has 0 bridgehead atoms. The van der Waals surface area contributed by atoms with E-state index in [4.69, 9.17) is 20.3 Å². The van der Waals surface area contributed by atoms with Crippen molar-refractivity contribution in [1.82, 2.24) is 4.98 Å². The van der Waals surface area contributed by atoms with Crippen molar-refractivity contribution in [2.45, 2.75) is 20.3 Å². The van der Waals surface area contributed by atoms with Gasteiger partial charge in [0.1, 0.15) is 0 Å². The zero-order valence-corrected chi connectivity index (χ0v) is 10.3. The van der Waals surface area contributed by atoms with E-state index in [0.29, 0.717) is 43.0 Å². The number of pyridine rings is 1. The fraction of sp³-hybridized carbons (Fsp3) is 0.583. The minimum Gasteiger partial charge on any atom is -0.477 e.